The Labute approximate surface area is 186 Å². The third-order valence-electron chi connectivity index (χ3n) is 5.11. The molecular weight excluding hydrogens is 452 g/mol. The van der Waals surface area contributed by atoms with E-state index in [4.69, 9.17) is 21.1 Å². The molecule has 0 saturated carbocycles. The molecule has 0 spiro atoms. The molecular formula is C22H21ClF4N2O3. The van der Waals surface area contributed by atoms with Crippen LogP contribution in [0.1, 0.15) is 17.3 Å². The summed E-state index contributed by atoms with van der Waals surface area (Å²) in [4.78, 5) is 4.37. The van der Waals surface area contributed by atoms with E-state index in [-0.39, 0.29) is 17.0 Å². The Morgan fingerprint density at radius 1 is 1.12 bits per heavy atom. The van der Waals surface area contributed by atoms with E-state index in [2.05, 4.69) is 10.3 Å². The number of alkyl halides is 3. The molecule has 3 rings (SSSR count). The van der Waals surface area contributed by atoms with Gasteiger partial charge in [0.15, 0.2) is 11.6 Å². The quantitative estimate of drug-likeness (QED) is 0.448. The molecule has 5 nitrogen and oxygen atoms in total. The molecule has 0 unspecified atom stereocenters. The molecule has 172 valence electrons. The topological polar surface area (TPSA) is 63.6 Å². The third kappa shape index (κ3) is 4.32. The van der Waals surface area contributed by atoms with Gasteiger partial charge in [0.25, 0.3) is 0 Å². The Hall–Kier alpha value is -2.62. The molecule has 0 saturated heterocycles. The predicted octanol–water partition coefficient (Wildman–Crippen LogP) is 5.44. The zero-order valence-corrected chi connectivity index (χ0v) is 18.2. The van der Waals surface area contributed by atoms with Crippen molar-refractivity contribution in [3.63, 3.8) is 0 Å². The predicted molar refractivity (Wildman–Crippen MR) is 114 cm³/mol. The van der Waals surface area contributed by atoms with E-state index < -0.39 is 35.3 Å². The summed E-state index contributed by atoms with van der Waals surface area (Å²) in [5.74, 6) is -1.29. The summed E-state index contributed by atoms with van der Waals surface area (Å²) >= 11 is 6.11. The normalized spacial score (nSPS) is 14.8. The highest BCUT2D eigenvalue weighted by atomic mass is 35.5. The number of ether oxygens (including phenoxy) is 2. The van der Waals surface area contributed by atoms with E-state index in [0.717, 1.165) is 18.9 Å². The molecule has 2 N–H and O–H groups in total. The second-order valence-corrected chi connectivity index (χ2v) is 7.62. The SMILES string of the molecule is COC[C@@](O)([C@@H](Nc1cccc2nc(C)ccc12)c1ccc(OC)c(F)c1Cl)C(F)(F)F. The average molecular weight is 473 g/mol. The van der Waals surface area contributed by atoms with Gasteiger partial charge in [-0.2, -0.15) is 13.2 Å². The number of benzene rings is 2. The van der Waals surface area contributed by atoms with Crippen molar-refractivity contribution in [3.8, 4) is 5.75 Å². The smallest absolute Gasteiger partial charge is 0.421 e. The number of hydrogen-bond acceptors (Lipinski definition) is 5. The number of methoxy groups -OCH3 is 2. The first-order valence-corrected chi connectivity index (χ1v) is 9.84. The van der Waals surface area contributed by atoms with Crippen LogP contribution in [0.25, 0.3) is 10.9 Å². The fraction of sp³-hybridized carbons (Fsp3) is 0.318. The molecule has 1 aromatic heterocycles. The Balaban J connectivity index is 2.24. The van der Waals surface area contributed by atoms with Gasteiger partial charge in [-0.3, -0.25) is 4.98 Å². The summed E-state index contributed by atoms with van der Waals surface area (Å²) in [6.07, 6.45) is -5.15. The molecule has 0 fully saturated rings. The first-order valence-electron chi connectivity index (χ1n) is 9.46. The van der Waals surface area contributed by atoms with Gasteiger partial charge in [0.05, 0.1) is 30.3 Å². The first kappa shape index (κ1) is 24.0. The van der Waals surface area contributed by atoms with Crippen molar-refractivity contribution >= 4 is 28.2 Å². The van der Waals surface area contributed by atoms with Gasteiger partial charge >= 0.3 is 6.18 Å². The highest BCUT2D eigenvalue weighted by Gasteiger charge is 2.60. The number of pyridine rings is 1. The summed E-state index contributed by atoms with van der Waals surface area (Å²) in [6.45, 7) is 0.656. The van der Waals surface area contributed by atoms with Gasteiger partial charge in [0, 0.05) is 23.9 Å². The van der Waals surface area contributed by atoms with Crippen LogP contribution in [0.3, 0.4) is 0 Å². The van der Waals surface area contributed by atoms with E-state index in [1.807, 2.05) is 0 Å². The summed E-state index contributed by atoms with van der Waals surface area (Å²) < 4.78 is 66.6. The zero-order valence-electron chi connectivity index (χ0n) is 17.4. The zero-order chi connectivity index (χ0) is 23.7. The van der Waals surface area contributed by atoms with Gasteiger partial charge in [-0.1, -0.05) is 23.7 Å². The number of rotatable bonds is 7. The largest absolute Gasteiger partial charge is 0.494 e. The lowest BCUT2D eigenvalue weighted by Gasteiger charge is -2.38. The van der Waals surface area contributed by atoms with Gasteiger partial charge in [-0.05, 0) is 42.8 Å². The van der Waals surface area contributed by atoms with Crippen molar-refractivity contribution in [2.45, 2.75) is 24.7 Å². The number of aryl methyl sites for hydroxylation is 1. The Morgan fingerprint density at radius 2 is 1.84 bits per heavy atom. The van der Waals surface area contributed by atoms with E-state index in [0.29, 0.717) is 10.9 Å². The van der Waals surface area contributed by atoms with Crippen LogP contribution in [0.4, 0.5) is 23.2 Å². The minimum atomic E-state index is -5.15. The first-order chi connectivity index (χ1) is 15.0. The molecule has 1 heterocycles. The van der Waals surface area contributed by atoms with Crippen LogP contribution in [0, 0.1) is 12.7 Å². The number of aliphatic hydroxyl groups is 1. The van der Waals surface area contributed by atoms with Gasteiger partial charge in [-0.15, -0.1) is 0 Å². The van der Waals surface area contributed by atoms with Gasteiger partial charge in [0.2, 0.25) is 5.60 Å². The lowest BCUT2D eigenvalue weighted by molar-refractivity contribution is -0.279. The maximum absolute atomic E-state index is 14.6. The maximum Gasteiger partial charge on any atom is 0.421 e. The standard InChI is InChI=1S/C22H21ClF4N2O3/c1-12-7-8-13-15(28-12)5-4-6-16(13)29-20(21(30,11-31-2)22(25,26)27)14-9-10-17(32-3)19(24)18(14)23/h4-10,20,29-30H,11H2,1-3H3/t20-,21+/m0/s1. The molecule has 3 aromatic rings. The number of fused-ring (bicyclic) bond motifs is 1. The number of hydrogen-bond donors (Lipinski definition) is 2. The highest BCUT2D eigenvalue weighted by molar-refractivity contribution is 6.31. The number of halogens is 5. The number of aromatic nitrogens is 1. The van der Waals surface area contributed by atoms with Gasteiger partial charge in [0.1, 0.15) is 0 Å². The Bertz CT molecular complexity index is 1130. The molecule has 10 heteroatoms. The van der Waals surface area contributed by atoms with Crippen molar-refractivity contribution in [2.24, 2.45) is 0 Å². The Morgan fingerprint density at radius 3 is 2.47 bits per heavy atom. The summed E-state index contributed by atoms with van der Waals surface area (Å²) in [7, 11) is 2.22. The second-order valence-electron chi connectivity index (χ2n) is 7.24. The molecule has 0 bridgehead atoms. The fourth-order valence-electron chi connectivity index (χ4n) is 3.47. The molecule has 0 aliphatic heterocycles. The molecule has 2 atom stereocenters. The van der Waals surface area contributed by atoms with E-state index in [1.165, 1.54) is 19.2 Å². The second kappa shape index (κ2) is 9.09. The van der Waals surface area contributed by atoms with Crippen molar-refractivity contribution in [3.05, 3.63) is 64.6 Å². The lowest BCUT2D eigenvalue weighted by Crippen LogP contribution is -2.56. The molecule has 0 radical (unpaired) electrons. The van der Waals surface area contributed by atoms with Crippen LogP contribution < -0.4 is 10.1 Å². The minimum Gasteiger partial charge on any atom is -0.494 e. The van der Waals surface area contributed by atoms with E-state index in [9.17, 15) is 22.7 Å². The lowest BCUT2D eigenvalue weighted by atomic mass is 9.87. The van der Waals surface area contributed by atoms with Crippen LogP contribution >= 0.6 is 11.6 Å². The number of nitrogens with one attached hydrogen (secondary N) is 1. The van der Waals surface area contributed by atoms with Crippen molar-refractivity contribution in [2.75, 3.05) is 26.1 Å². The molecule has 0 amide bonds. The van der Waals surface area contributed by atoms with Gasteiger partial charge < -0.3 is 19.9 Å². The van der Waals surface area contributed by atoms with E-state index in [1.54, 1.807) is 31.2 Å². The van der Waals surface area contributed by atoms with Crippen molar-refractivity contribution in [1.82, 2.24) is 4.98 Å². The summed E-state index contributed by atoms with van der Waals surface area (Å²) in [6, 6.07) is 8.61. The van der Waals surface area contributed by atoms with Crippen LogP contribution in [-0.2, 0) is 4.74 Å². The van der Waals surface area contributed by atoms with Crippen molar-refractivity contribution < 1.29 is 32.1 Å². The highest BCUT2D eigenvalue weighted by Crippen LogP contribution is 2.45. The molecule has 0 aliphatic carbocycles. The third-order valence-corrected chi connectivity index (χ3v) is 5.50. The van der Waals surface area contributed by atoms with Crippen LogP contribution in [0.15, 0.2) is 42.5 Å². The monoisotopic (exact) mass is 472 g/mol. The van der Waals surface area contributed by atoms with Crippen molar-refractivity contribution in [1.29, 1.82) is 0 Å². The van der Waals surface area contributed by atoms with Crippen LogP contribution in [0.2, 0.25) is 5.02 Å². The maximum atomic E-state index is 14.6. The summed E-state index contributed by atoms with van der Waals surface area (Å²) in [5.41, 5.74) is -2.28. The molecule has 32 heavy (non-hydrogen) atoms. The van der Waals surface area contributed by atoms with Crippen LogP contribution in [-0.4, -0.2) is 42.7 Å². The summed E-state index contributed by atoms with van der Waals surface area (Å²) in [5, 5.41) is 13.4. The molecule has 0 aliphatic rings. The van der Waals surface area contributed by atoms with Crippen LogP contribution in [0.5, 0.6) is 5.75 Å². The van der Waals surface area contributed by atoms with Gasteiger partial charge in [-0.25, -0.2) is 4.39 Å². The average Bonchev–Trinajstić information content (AvgIpc) is 2.73. The molecule has 2 aromatic carbocycles. The Kier molecular flexibility index (Phi) is 6.83. The number of nitrogens with zero attached hydrogens (tertiary/aromatic N) is 1. The number of anilines is 1. The minimum absolute atomic E-state index is 0.242. The van der Waals surface area contributed by atoms with E-state index >= 15 is 0 Å². The fourth-order valence-corrected chi connectivity index (χ4v) is 3.73.